The summed E-state index contributed by atoms with van der Waals surface area (Å²) in [4.78, 5) is 28.7. The van der Waals surface area contributed by atoms with Crippen molar-refractivity contribution in [3.63, 3.8) is 0 Å². The maximum atomic E-state index is 13.1. The number of hydrogen-bond acceptors (Lipinski definition) is 4. The molecule has 1 atom stereocenters. The summed E-state index contributed by atoms with van der Waals surface area (Å²) in [7, 11) is 0. The predicted octanol–water partition coefficient (Wildman–Crippen LogP) is 3.85. The molecule has 6 nitrogen and oxygen atoms in total. The number of nitrogens with one attached hydrogen (secondary N) is 2. The molecule has 1 heterocycles. The fraction of sp³-hybridized carbons (Fsp3) is 0.333. The van der Waals surface area contributed by atoms with Gasteiger partial charge in [-0.05, 0) is 43.3 Å². The average Bonchev–Trinajstić information content (AvgIpc) is 2.68. The highest BCUT2D eigenvalue weighted by Gasteiger charge is 2.26. The summed E-state index contributed by atoms with van der Waals surface area (Å²) in [5.74, 6) is -1.45. The number of benzene rings is 2. The van der Waals surface area contributed by atoms with Crippen LogP contribution in [0.2, 0.25) is 10.0 Å². The zero-order chi connectivity index (χ0) is 22.5. The summed E-state index contributed by atoms with van der Waals surface area (Å²) in [5, 5.41) is 5.65. The highest BCUT2D eigenvalue weighted by atomic mass is 35.5. The maximum Gasteiger partial charge on any atom is 0.238 e. The summed E-state index contributed by atoms with van der Waals surface area (Å²) in [6.45, 7) is 4.06. The normalized spacial score (nSPS) is 17.4. The van der Waals surface area contributed by atoms with E-state index in [0.717, 1.165) is 12.1 Å². The minimum Gasteiger partial charge on any atom is -0.324 e. The third-order valence-corrected chi connectivity index (χ3v) is 5.60. The number of piperazine rings is 1. The SMILES string of the molecule is CC1CN(CC(=O)Nc2ccc(F)cc2Cl)CCN1CC(=O)Nc1ccc(F)cc1Cl. The number of carbonyl (C=O) groups excluding carboxylic acids is 2. The summed E-state index contributed by atoms with van der Waals surface area (Å²) >= 11 is 11.9. The Labute approximate surface area is 189 Å². The molecule has 0 saturated carbocycles. The van der Waals surface area contributed by atoms with Crippen molar-refractivity contribution in [2.75, 3.05) is 43.4 Å². The molecule has 0 aromatic heterocycles. The molecule has 1 fully saturated rings. The number of rotatable bonds is 6. The number of halogens is 4. The van der Waals surface area contributed by atoms with Crippen molar-refractivity contribution in [3.05, 3.63) is 58.1 Å². The second kappa shape index (κ2) is 10.4. The molecule has 1 aliphatic heterocycles. The van der Waals surface area contributed by atoms with Crippen LogP contribution in [0.1, 0.15) is 6.92 Å². The van der Waals surface area contributed by atoms with Gasteiger partial charge in [0.1, 0.15) is 11.6 Å². The van der Waals surface area contributed by atoms with E-state index >= 15 is 0 Å². The van der Waals surface area contributed by atoms with E-state index in [1.807, 2.05) is 16.7 Å². The molecule has 2 amide bonds. The van der Waals surface area contributed by atoms with Crippen LogP contribution in [0.15, 0.2) is 36.4 Å². The number of nitrogens with zero attached hydrogens (tertiary/aromatic N) is 2. The molecule has 10 heteroatoms. The molecule has 166 valence electrons. The van der Waals surface area contributed by atoms with Crippen LogP contribution in [0.4, 0.5) is 20.2 Å². The Morgan fingerprint density at radius 2 is 1.45 bits per heavy atom. The first kappa shape index (κ1) is 23.4. The van der Waals surface area contributed by atoms with Gasteiger partial charge < -0.3 is 10.6 Å². The highest BCUT2D eigenvalue weighted by molar-refractivity contribution is 6.34. The highest BCUT2D eigenvalue weighted by Crippen LogP contribution is 2.23. The molecule has 2 aromatic rings. The molecule has 2 aromatic carbocycles. The van der Waals surface area contributed by atoms with Crippen molar-refractivity contribution >= 4 is 46.4 Å². The van der Waals surface area contributed by atoms with E-state index in [-0.39, 0.29) is 41.0 Å². The van der Waals surface area contributed by atoms with Gasteiger partial charge in [-0.25, -0.2) is 8.78 Å². The van der Waals surface area contributed by atoms with Crippen LogP contribution in [0.3, 0.4) is 0 Å². The lowest BCUT2D eigenvalue weighted by molar-refractivity contribution is -0.120. The Morgan fingerprint density at radius 1 is 0.935 bits per heavy atom. The van der Waals surface area contributed by atoms with Gasteiger partial charge in [0, 0.05) is 25.7 Å². The molecular weight excluding hydrogens is 449 g/mol. The molecule has 31 heavy (non-hydrogen) atoms. The Bertz CT molecular complexity index is 976. The van der Waals surface area contributed by atoms with Crippen LogP contribution in [-0.2, 0) is 9.59 Å². The Morgan fingerprint density at radius 3 is 1.94 bits per heavy atom. The molecule has 2 N–H and O–H groups in total. The van der Waals surface area contributed by atoms with Gasteiger partial charge in [0.25, 0.3) is 0 Å². The van der Waals surface area contributed by atoms with Gasteiger partial charge in [0.05, 0.1) is 34.5 Å². The number of carbonyl (C=O) groups is 2. The average molecular weight is 471 g/mol. The number of amides is 2. The van der Waals surface area contributed by atoms with Crippen LogP contribution in [-0.4, -0.2) is 60.4 Å². The third-order valence-electron chi connectivity index (χ3n) is 4.97. The van der Waals surface area contributed by atoms with Gasteiger partial charge in [-0.15, -0.1) is 0 Å². The minimum absolute atomic E-state index is 0.0328. The second-order valence-electron chi connectivity index (χ2n) is 7.40. The molecule has 0 aliphatic carbocycles. The fourth-order valence-corrected chi connectivity index (χ4v) is 3.83. The minimum atomic E-state index is -0.474. The smallest absolute Gasteiger partial charge is 0.238 e. The van der Waals surface area contributed by atoms with Crippen LogP contribution in [0.5, 0.6) is 0 Å². The molecule has 0 spiro atoms. The molecular formula is C21H22Cl2F2N4O2. The molecule has 0 bridgehead atoms. The second-order valence-corrected chi connectivity index (χ2v) is 8.21. The zero-order valence-electron chi connectivity index (χ0n) is 16.8. The molecule has 1 saturated heterocycles. The van der Waals surface area contributed by atoms with Gasteiger partial charge in [-0.3, -0.25) is 19.4 Å². The van der Waals surface area contributed by atoms with Crippen molar-refractivity contribution in [1.82, 2.24) is 9.80 Å². The van der Waals surface area contributed by atoms with Crippen molar-refractivity contribution < 1.29 is 18.4 Å². The number of anilines is 2. The van der Waals surface area contributed by atoms with Crippen molar-refractivity contribution in [3.8, 4) is 0 Å². The Hall–Kier alpha value is -2.26. The van der Waals surface area contributed by atoms with Crippen LogP contribution in [0.25, 0.3) is 0 Å². The summed E-state index contributed by atoms with van der Waals surface area (Å²) in [6, 6.07) is 7.61. The first-order valence-corrected chi connectivity index (χ1v) is 10.4. The summed E-state index contributed by atoms with van der Waals surface area (Å²) in [6.07, 6.45) is 0. The largest absolute Gasteiger partial charge is 0.324 e. The zero-order valence-corrected chi connectivity index (χ0v) is 18.3. The van der Waals surface area contributed by atoms with E-state index in [4.69, 9.17) is 23.2 Å². The monoisotopic (exact) mass is 470 g/mol. The van der Waals surface area contributed by atoms with E-state index in [1.54, 1.807) is 0 Å². The summed E-state index contributed by atoms with van der Waals surface area (Å²) in [5.41, 5.74) is 0.714. The van der Waals surface area contributed by atoms with Crippen LogP contribution < -0.4 is 10.6 Å². The molecule has 0 radical (unpaired) electrons. The van der Waals surface area contributed by atoms with Gasteiger partial charge in [-0.2, -0.15) is 0 Å². The van der Waals surface area contributed by atoms with Crippen molar-refractivity contribution in [1.29, 1.82) is 0 Å². The quantitative estimate of drug-likeness (QED) is 0.672. The first-order valence-electron chi connectivity index (χ1n) is 9.67. The lowest BCUT2D eigenvalue weighted by Gasteiger charge is -2.39. The maximum absolute atomic E-state index is 13.1. The standard InChI is InChI=1S/C21H22Cl2F2N4O2/c1-13-10-28(11-20(30)26-18-4-2-14(24)8-16(18)22)6-7-29(13)12-21(31)27-19-5-3-15(25)9-17(19)23/h2-5,8-9,13H,6-7,10-12H2,1H3,(H,26,30)(H,27,31). The molecule has 3 rings (SSSR count). The predicted molar refractivity (Wildman–Crippen MR) is 118 cm³/mol. The first-order chi connectivity index (χ1) is 14.7. The van der Waals surface area contributed by atoms with Crippen LogP contribution >= 0.6 is 23.2 Å². The van der Waals surface area contributed by atoms with Gasteiger partial charge in [0.15, 0.2) is 0 Å². The lowest BCUT2D eigenvalue weighted by atomic mass is 10.2. The van der Waals surface area contributed by atoms with E-state index in [1.165, 1.54) is 24.3 Å². The summed E-state index contributed by atoms with van der Waals surface area (Å²) < 4.78 is 26.3. The van der Waals surface area contributed by atoms with Crippen LogP contribution in [0, 0.1) is 11.6 Å². The Kier molecular flexibility index (Phi) is 7.83. The van der Waals surface area contributed by atoms with Gasteiger partial charge in [-0.1, -0.05) is 23.2 Å². The lowest BCUT2D eigenvalue weighted by Crippen LogP contribution is -2.54. The van der Waals surface area contributed by atoms with Crippen molar-refractivity contribution in [2.24, 2.45) is 0 Å². The third kappa shape index (κ3) is 6.61. The molecule has 1 unspecified atom stereocenters. The topological polar surface area (TPSA) is 64.7 Å². The van der Waals surface area contributed by atoms with E-state index in [0.29, 0.717) is 31.0 Å². The Balaban J connectivity index is 1.47. The van der Waals surface area contributed by atoms with E-state index < -0.39 is 11.6 Å². The number of hydrogen-bond donors (Lipinski definition) is 2. The molecule has 1 aliphatic rings. The fourth-order valence-electron chi connectivity index (χ4n) is 3.40. The van der Waals surface area contributed by atoms with E-state index in [2.05, 4.69) is 10.6 Å². The van der Waals surface area contributed by atoms with Gasteiger partial charge in [0.2, 0.25) is 11.8 Å². The van der Waals surface area contributed by atoms with Crippen molar-refractivity contribution in [2.45, 2.75) is 13.0 Å². The van der Waals surface area contributed by atoms with Gasteiger partial charge >= 0.3 is 0 Å². The van der Waals surface area contributed by atoms with E-state index in [9.17, 15) is 18.4 Å².